The van der Waals surface area contributed by atoms with Crippen molar-refractivity contribution in [3.05, 3.63) is 57.3 Å². The summed E-state index contributed by atoms with van der Waals surface area (Å²) < 4.78 is 1.09. The lowest BCUT2D eigenvalue weighted by Crippen LogP contribution is -2.01. The topological polar surface area (TPSA) is 24.9 Å². The molecular weight excluding hydrogens is 300 g/mol. The molecule has 0 bridgehead atoms. The molecule has 0 aliphatic carbocycles. The Hall–Kier alpha value is -1.06. The number of aromatic nitrogens is 1. The Morgan fingerprint density at radius 1 is 1.35 bits per heavy atom. The maximum absolute atomic E-state index is 6.02. The van der Waals surface area contributed by atoms with Gasteiger partial charge in [0.2, 0.25) is 0 Å². The maximum atomic E-state index is 6.02. The second-order valence-corrected chi connectivity index (χ2v) is 5.01. The van der Waals surface area contributed by atoms with Crippen LogP contribution >= 0.6 is 27.5 Å². The van der Waals surface area contributed by atoms with Crippen molar-refractivity contribution in [3.8, 4) is 0 Å². The molecule has 1 N–H and O–H groups in total. The first-order chi connectivity index (χ1) is 8.16. The zero-order valence-corrected chi connectivity index (χ0v) is 11.7. The molecule has 0 atom stereocenters. The van der Waals surface area contributed by atoms with Crippen molar-refractivity contribution in [3.63, 3.8) is 0 Å². The normalized spacial score (nSPS) is 10.3. The van der Waals surface area contributed by atoms with E-state index in [1.165, 1.54) is 5.56 Å². The summed E-state index contributed by atoms with van der Waals surface area (Å²) in [6.45, 7) is 2.71. The van der Waals surface area contributed by atoms with Crippen LogP contribution in [0.4, 0.5) is 5.69 Å². The summed E-state index contributed by atoms with van der Waals surface area (Å²) >= 11 is 9.53. The summed E-state index contributed by atoms with van der Waals surface area (Å²) in [6, 6.07) is 10.1. The third-order valence-electron chi connectivity index (χ3n) is 2.40. The summed E-state index contributed by atoms with van der Waals surface area (Å²) in [6.07, 6.45) is 1.76. The Morgan fingerprint density at radius 3 is 2.88 bits per heavy atom. The zero-order valence-electron chi connectivity index (χ0n) is 9.37. The molecule has 0 saturated carbocycles. The van der Waals surface area contributed by atoms with E-state index in [9.17, 15) is 0 Å². The molecule has 0 fully saturated rings. The highest BCUT2D eigenvalue weighted by atomic mass is 79.9. The number of aryl methyl sites for hydroxylation is 1. The summed E-state index contributed by atoms with van der Waals surface area (Å²) in [5, 5.41) is 3.79. The first-order valence-electron chi connectivity index (χ1n) is 5.26. The highest BCUT2D eigenvalue weighted by Crippen LogP contribution is 2.22. The Morgan fingerprint density at radius 2 is 2.12 bits per heavy atom. The molecule has 0 amide bonds. The molecule has 88 valence electrons. The van der Waals surface area contributed by atoms with Gasteiger partial charge in [0.1, 0.15) is 0 Å². The number of hydrogen-bond donors (Lipinski definition) is 1. The van der Waals surface area contributed by atoms with Crippen LogP contribution in [0.15, 0.2) is 41.0 Å². The molecule has 0 radical (unpaired) electrons. The molecule has 0 aliphatic rings. The van der Waals surface area contributed by atoms with Crippen molar-refractivity contribution >= 4 is 33.2 Å². The van der Waals surface area contributed by atoms with Crippen LogP contribution < -0.4 is 5.32 Å². The van der Waals surface area contributed by atoms with Crippen LogP contribution in [0, 0.1) is 6.92 Å². The minimum atomic E-state index is 0.502. The molecule has 2 rings (SSSR count). The smallest absolute Gasteiger partial charge is 0.152 e. The highest BCUT2D eigenvalue weighted by molar-refractivity contribution is 9.10. The van der Waals surface area contributed by atoms with Gasteiger partial charge in [-0.2, -0.15) is 0 Å². The largest absolute Gasteiger partial charge is 0.378 e. The van der Waals surface area contributed by atoms with E-state index in [0.717, 1.165) is 15.7 Å². The van der Waals surface area contributed by atoms with Crippen LogP contribution in [0.1, 0.15) is 11.1 Å². The van der Waals surface area contributed by atoms with E-state index in [1.54, 1.807) is 6.20 Å². The number of nitrogens with zero attached hydrogens (tertiary/aromatic N) is 1. The number of halogens is 2. The van der Waals surface area contributed by atoms with Gasteiger partial charge in [-0.05, 0) is 30.2 Å². The molecule has 2 aromatic rings. The summed E-state index contributed by atoms with van der Waals surface area (Å²) in [5.41, 5.74) is 3.14. The first kappa shape index (κ1) is 12.4. The minimum absolute atomic E-state index is 0.502. The molecule has 0 aliphatic heterocycles. The molecule has 1 aromatic heterocycles. The fraction of sp³-hybridized carbons (Fsp3) is 0.154. The fourth-order valence-electron chi connectivity index (χ4n) is 1.51. The monoisotopic (exact) mass is 310 g/mol. The van der Waals surface area contributed by atoms with Crippen molar-refractivity contribution < 1.29 is 0 Å². The van der Waals surface area contributed by atoms with Crippen molar-refractivity contribution in [1.82, 2.24) is 4.98 Å². The van der Waals surface area contributed by atoms with Crippen LogP contribution in [-0.4, -0.2) is 4.98 Å². The van der Waals surface area contributed by atoms with Gasteiger partial charge in [0.05, 0.1) is 5.69 Å². The first-order valence-corrected chi connectivity index (χ1v) is 6.43. The lowest BCUT2D eigenvalue weighted by Gasteiger charge is -2.09. The van der Waals surface area contributed by atoms with Crippen molar-refractivity contribution in [2.75, 3.05) is 5.32 Å². The van der Waals surface area contributed by atoms with E-state index in [2.05, 4.69) is 32.3 Å². The van der Waals surface area contributed by atoms with E-state index in [-0.39, 0.29) is 0 Å². The molecule has 17 heavy (non-hydrogen) atoms. The van der Waals surface area contributed by atoms with Gasteiger partial charge >= 0.3 is 0 Å². The standard InChI is InChI=1S/C13H12BrClN2/c1-9-6-12(13(15)17-7-9)16-8-10-4-2-3-5-11(10)14/h2-7,16H,8H2,1H3. The number of hydrogen-bond acceptors (Lipinski definition) is 2. The summed E-state index contributed by atoms with van der Waals surface area (Å²) in [5.74, 6) is 0. The summed E-state index contributed by atoms with van der Waals surface area (Å²) in [4.78, 5) is 4.10. The second-order valence-electron chi connectivity index (χ2n) is 3.80. The molecule has 1 heterocycles. The Kier molecular flexibility index (Phi) is 4.02. The van der Waals surface area contributed by atoms with E-state index in [0.29, 0.717) is 11.7 Å². The van der Waals surface area contributed by atoms with Gasteiger partial charge < -0.3 is 5.32 Å². The van der Waals surface area contributed by atoms with Gasteiger partial charge in [0.25, 0.3) is 0 Å². The van der Waals surface area contributed by atoms with E-state index in [4.69, 9.17) is 11.6 Å². The molecule has 4 heteroatoms. The molecule has 0 unspecified atom stereocenters. The van der Waals surface area contributed by atoms with Gasteiger partial charge in [-0.15, -0.1) is 0 Å². The molecular formula is C13H12BrClN2. The predicted octanol–water partition coefficient (Wildman–Crippen LogP) is 4.42. The third-order valence-corrected chi connectivity index (χ3v) is 3.48. The van der Waals surface area contributed by atoms with Crippen molar-refractivity contribution in [2.45, 2.75) is 13.5 Å². The molecule has 2 nitrogen and oxygen atoms in total. The van der Waals surface area contributed by atoms with Crippen molar-refractivity contribution in [2.24, 2.45) is 0 Å². The van der Waals surface area contributed by atoms with Gasteiger partial charge in [-0.3, -0.25) is 0 Å². The van der Waals surface area contributed by atoms with Crippen LogP contribution in [-0.2, 0) is 6.54 Å². The maximum Gasteiger partial charge on any atom is 0.152 e. The van der Waals surface area contributed by atoms with Crippen LogP contribution in [0.25, 0.3) is 0 Å². The number of pyridine rings is 1. The molecule has 0 spiro atoms. The fourth-order valence-corrected chi connectivity index (χ4v) is 2.10. The summed E-state index contributed by atoms with van der Waals surface area (Å²) in [7, 11) is 0. The lowest BCUT2D eigenvalue weighted by atomic mass is 10.2. The predicted molar refractivity (Wildman–Crippen MR) is 75.5 cm³/mol. The number of anilines is 1. The van der Waals surface area contributed by atoms with Crippen LogP contribution in [0.3, 0.4) is 0 Å². The Labute approximate surface area is 114 Å². The Balaban J connectivity index is 2.12. The number of benzene rings is 1. The molecule has 1 aromatic carbocycles. The quantitative estimate of drug-likeness (QED) is 0.849. The lowest BCUT2D eigenvalue weighted by molar-refractivity contribution is 1.12. The van der Waals surface area contributed by atoms with Crippen LogP contribution in [0.2, 0.25) is 5.15 Å². The molecule has 0 saturated heterocycles. The van der Waals surface area contributed by atoms with Gasteiger partial charge in [-0.1, -0.05) is 45.7 Å². The third kappa shape index (κ3) is 3.20. The van der Waals surface area contributed by atoms with E-state index >= 15 is 0 Å². The average molecular weight is 312 g/mol. The van der Waals surface area contributed by atoms with Gasteiger partial charge in [-0.25, -0.2) is 4.98 Å². The minimum Gasteiger partial charge on any atom is -0.378 e. The van der Waals surface area contributed by atoms with Crippen molar-refractivity contribution in [1.29, 1.82) is 0 Å². The second kappa shape index (κ2) is 5.52. The van der Waals surface area contributed by atoms with E-state index in [1.807, 2.05) is 31.2 Å². The number of nitrogens with one attached hydrogen (secondary N) is 1. The van der Waals surface area contributed by atoms with E-state index < -0.39 is 0 Å². The Bertz CT molecular complexity index is 529. The van der Waals surface area contributed by atoms with Crippen LogP contribution in [0.5, 0.6) is 0 Å². The zero-order chi connectivity index (χ0) is 12.3. The SMILES string of the molecule is Cc1cnc(Cl)c(NCc2ccccc2Br)c1. The van der Waals surface area contributed by atoms with Gasteiger partial charge in [0.15, 0.2) is 5.15 Å². The number of rotatable bonds is 3. The van der Waals surface area contributed by atoms with Gasteiger partial charge in [0, 0.05) is 17.2 Å². The average Bonchev–Trinajstić information content (AvgIpc) is 2.32. The highest BCUT2D eigenvalue weighted by Gasteiger charge is 2.03.